The van der Waals surface area contributed by atoms with Gasteiger partial charge in [-0.25, -0.2) is 0 Å². The van der Waals surface area contributed by atoms with Crippen molar-refractivity contribution >= 4 is 34.8 Å². The molecule has 5 nitrogen and oxygen atoms in total. The number of aryl methyl sites for hydroxylation is 1. The predicted octanol–water partition coefficient (Wildman–Crippen LogP) is 4.60. The van der Waals surface area contributed by atoms with Crippen molar-refractivity contribution in [2.75, 3.05) is 5.32 Å². The number of aromatic nitrogens is 2. The van der Waals surface area contributed by atoms with E-state index in [1.165, 1.54) is 0 Å². The number of amides is 1. The lowest BCUT2D eigenvalue weighted by atomic mass is 10.1. The van der Waals surface area contributed by atoms with Crippen molar-refractivity contribution in [2.45, 2.75) is 6.92 Å². The summed E-state index contributed by atoms with van der Waals surface area (Å²) in [6.45, 7) is 1.72. The largest absolute Gasteiger partial charge is 0.421 e. The molecule has 23 heavy (non-hydrogen) atoms. The fraction of sp³-hybridized carbons (Fsp3) is 0.0625. The zero-order valence-corrected chi connectivity index (χ0v) is 13.5. The van der Waals surface area contributed by atoms with Crippen LogP contribution in [0.4, 0.5) is 5.69 Å². The highest BCUT2D eigenvalue weighted by atomic mass is 35.5. The maximum absolute atomic E-state index is 12.2. The van der Waals surface area contributed by atoms with E-state index in [1.54, 1.807) is 49.4 Å². The summed E-state index contributed by atoms with van der Waals surface area (Å²) in [4.78, 5) is 12.2. The molecule has 2 aromatic carbocycles. The van der Waals surface area contributed by atoms with Crippen LogP contribution in [0.5, 0.6) is 0 Å². The Balaban J connectivity index is 1.76. The maximum Gasteiger partial charge on any atom is 0.255 e. The molecular formula is C16H11Cl2N3O2. The zero-order chi connectivity index (χ0) is 16.4. The number of halogens is 2. The molecular weight excluding hydrogens is 337 g/mol. The summed E-state index contributed by atoms with van der Waals surface area (Å²) in [5.41, 5.74) is 1.81. The van der Waals surface area contributed by atoms with Crippen LogP contribution in [-0.2, 0) is 0 Å². The van der Waals surface area contributed by atoms with Crippen LogP contribution in [0.3, 0.4) is 0 Å². The Morgan fingerprint density at radius 1 is 1.04 bits per heavy atom. The molecule has 7 heteroatoms. The third-order valence-corrected chi connectivity index (χ3v) is 3.84. The van der Waals surface area contributed by atoms with Gasteiger partial charge in [-0.05, 0) is 42.5 Å². The quantitative estimate of drug-likeness (QED) is 0.751. The molecule has 0 aliphatic rings. The molecule has 0 atom stereocenters. The van der Waals surface area contributed by atoms with Crippen LogP contribution in [0.2, 0.25) is 10.0 Å². The van der Waals surface area contributed by atoms with Crippen molar-refractivity contribution in [1.82, 2.24) is 10.2 Å². The minimum absolute atomic E-state index is 0.253. The van der Waals surface area contributed by atoms with Crippen molar-refractivity contribution in [3.05, 3.63) is 64.0 Å². The predicted molar refractivity (Wildman–Crippen MR) is 88.9 cm³/mol. The molecule has 0 aliphatic heterocycles. The van der Waals surface area contributed by atoms with Gasteiger partial charge in [0.25, 0.3) is 5.91 Å². The van der Waals surface area contributed by atoms with Gasteiger partial charge in [0.1, 0.15) is 0 Å². The molecule has 3 rings (SSSR count). The molecule has 3 aromatic rings. The summed E-state index contributed by atoms with van der Waals surface area (Å²) in [6, 6.07) is 11.8. The van der Waals surface area contributed by atoms with Gasteiger partial charge < -0.3 is 9.73 Å². The van der Waals surface area contributed by atoms with Gasteiger partial charge in [0.05, 0.1) is 10.0 Å². The van der Waals surface area contributed by atoms with Crippen molar-refractivity contribution in [3.8, 4) is 11.5 Å². The number of carbonyl (C=O) groups excluding carboxylic acids is 1. The van der Waals surface area contributed by atoms with Gasteiger partial charge in [-0.15, -0.1) is 10.2 Å². The molecule has 0 saturated heterocycles. The summed E-state index contributed by atoms with van der Waals surface area (Å²) < 4.78 is 5.34. The highest BCUT2D eigenvalue weighted by Gasteiger charge is 2.10. The second-order valence-corrected chi connectivity index (χ2v) is 5.60. The first-order valence-electron chi connectivity index (χ1n) is 6.70. The van der Waals surface area contributed by atoms with Crippen LogP contribution in [0, 0.1) is 6.92 Å². The van der Waals surface area contributed by atoms with E-state index in [9.17, 15) is 4.79 Å². The normalized spacial score (nSPS) is 10.6. The fourth-order valence-electron chi connectivity index (χ4n) is 1.95. The number of nitrogens with one attached hydrogen (secondary N) is 1. The second-order valence-electron chi connectivity index (χ2n) is 4.79. The highest BCUT2D eigenvalue weighted by molar-refractivity contribution is 6.42. The van der Waals surface area contributed by atoms with Gasteiger partial charge in [-0.3, -0.25) is 4.79 Å². The standard InChI is InChI=1S/C16H11Cl2N3O2/c1-9-20-21-16(23-9)11-4-2-10(3-5-11)15(22)19-12-6-7-13(17)14(18)8-12/h2-8H,1H3,(H,19,22). The van der Waals surface area contributed by atoms with Gasteiger partial charge in [-0.1, -0.05) is 23.2 Å². The average Bonchev–Trinajstić information content (AvgIpc) is 2.97. The van der Waals surface area contributed by atoms with Gasteiger partial charge in [0, 0.05) is 23.7 Å². The Bertz CT molecular complexity index is 860. The molecule has 0 spiro atoms. The van der Waals surface area contributed by atoms with Gasteiger partial charge >= 0.3 is 0 Å². The Morgan fingerprint density at radius 3 is 2.39 bits per heavy atom. The first kappa shape index (κ1) is 15.5. The topological polar surface area (TPSA) is 68.0 Å². The van der Waals surface area contributed by atoms with Gasteiger partial charge in [0.2, 0.25) is 11.8 Å². The van der Waals surface area contributed by atoms with Crippen LogP contribution in [0.1, 0.15) is 16.2 Å². The Kier molecular flexibility index (Phi) is 4.32. The van der Waals surface area contributed by atoms with Crippen LogP contribution in [-0.4, -0.2) is 16.1 Å². The third-order valence-electron chi connectivity index (χ3n) is 3.10. The van der Waals surface area contributed by atoms with Crippen LogP contribution in [0.25, 0.3) is 11.5 Å². The summed E-state index contributed by atoms with van der Waals surface area (Å²) >= 11 is 11.8. The van der Waals surface area contributed by atoms with E-state index in [0.29, 0.717) is 33.1 Å². The van der Waals surface area contributed by atoms with E-state index in [2.05, 4.69) is 15.5 Å². The number of hydrogen-bond acceptors (Lipinski definition) is 4. The van der Waals surface area contributed by atoms with Crippen LogP contribution < -0.4 is 5.32 Å². The van der Waals surface area contributed by atoms with Crippen molar-refractivity contribution in [2.24, 2.45) is 0 Å². The molecule has 1 aromatic heterocycles. The van der Waals surface area contributed by atoms with Crippen molar-refractivity contribution in [1.29, 1.82) is 0 Å². The van der Waals surface area contributed by atoms with E-state index in [0.717, 1.165) is 5.56 Å². The van der Waals surface area contributed by atoms with E-state index < -0.39 is 0 Å². The molecule has 0 bridgehead atoms. The number of hydrogen-bond donors (Lipinski definition) is 1. The Hall–Kier alpha value is -2.37. The smallest absolute Gasteiger partial charge is 0.255 e. The maximum atomic E-state index is 12.2. The lowest BCUT2D eigenvalue weighted by Crippen LogP contribution is -2.11. The number of rotatable bonds is 3. The molecule has 0 unspecified atom stereocenters. The summed E-state index contributed by atoms with van der Waals surface area (Å²) in [5, 5.41) is 11.3. The molecule has 1 heterocycles. The van der Waals surface area contributed by atoms with Crippen molar-refractivity contribution < 1.29 is 9.21 Å². The second kappa shape index (κ2) is 6.40. The minimum Gasteiger partial charge on any atom is -0.421 e. The van der Waals surface area contributed by atoms with Crippen LogP contribution in [0.15, 0.2) is 46.9 Å². The summed E-state index contributed by atoms with van der Waals surface area (Å²) in [7, 11) is 0. The molecule has 1 N–H and O–H groups in total. The third kappa shape index (κ3) is 3.52. The SMILES string of the molecule is Cc1nnc(-c2ccc(C(=O)Nc3ccc(Cl)c(Cl)c3)cc2)o1. The number of anilines is 1. The molecule has 0 saturated carbocycles. The van der Waals surface area contributed by atoms with E-state index in [4.69, 9.17) is 27.6 Å². The lowest BCUT2D eigenvalue weighted by molar-refractivity contribution is 0.102. The van der Waals surface area contributed by atoms with E-state index in [-0.39, 0.29) is 5.91 Å². The van der Waals surface area contributed by atoms with E-state index in [1.807, 2.05) is 0 Å². The zero-order valence-electron chi connectivity index (χ0n) is 12.0. The Morgan fingerprint density at radius 2 is 1.78 bits per heavy atom. The van der Waals surface area contributed by atoms with E-state index >= 15 is 0 Å². The Labute approximate surface area is 142 Å². The van der Waals surface area contributed by atoms with Gasteiger partial charge in [0.15, 0.2) is 0 Å². The number of nitrogens with zero attached hydrogens (tertiary/aromatic N) is 2. The molecule has 116 valence electrons. The molecule has 0 fully saturated rings. The lowest BCUT2D eigenvalue weighted by Gasteiger charge is -2.06. The average molecular weight is 348 g/mol. The first-order chi connectivity index (χ1) is 11.0. The summed E-state index contributed by atoms with van der Waals surface area (Å²) in [5.74, 6) is 0.650. The fourth-order valence-corrected chi connectivity index (χ4v) is 2.25. The first-order valence-corrected chi connectivity index (χ1v) is 7.45. The summed E-state index contributed by atoms with van der Waals surface area (Å²) in [6.07, 6.45) is 0. The van der Waals surface area contributed by atoms with Gasteiger partial charge in [-0.2, -0.15) is 0 Å². The molecule has 0 radical (unpaired) electrons. The number of benzene rings is 2. The monoisotopic (exact) mass is 347 g/mol. The molecule has 0 aliphatic carbocycles. The highest BCUT2D eigenvalue weighted by Crippen LogP contribution is 2.25. The molecule has 1 amide bonds. The minimum atomic E-state index is -0.253. The van der Waals surface area contributed by atoms with Crippen LogP contribution >= 0.6 is 23.2 Å². The van der Waals surface area contributed by atoms with Crippen molar-refractivity contribution in [3.63, 3.8) is 0 Å². The number of carbonyl (C=O) groups is 1.